The first-order valence-corrected chi connectivity index (χ1v) is 11.8. The minimum absolute atomic E-state index is 0. The maximum absolute atomic E-state index is 14.6. The number of hydrogen-bond acceptors (Lipinski definition) is 6. The summed E-state index contributed by atoms with van der Waals surface area (Å²) in [6, 6.07) is 6.94. The number of benzene rings is 2. The largest absolute Gasteiger partial charge is 0.493 e. The van der Waals surface area contributed by atoms with Crippen molar-refractivity contribution < 1.29 is 13.9 Å². The Morgan fingerprint density at radius 1 is 1.18 bits per heavy atom. The van der Waals surface area contributed by atoms with Crippen LogP contribution < -0.4 is 20.1 Å². The van der Waals surface area contributed by atoms with E-state index in [2.05, 4.69) is 36.5 Å². The van der Waals surface area contributed by atoms with E-state index in [1.807, 2.05) is 12.1 Å². The van der Waals surface area contributed by atoms with Gasteiger partial charge in [0, 0.05) is 15.9 Å². The van der Waals surface area contributed by atoms with Gasteiger partial charge in [0.2, 0.25) is 0 Å². The number of nitrogens with zero attached hydrogens (tertiary/aromatic N) is 2. The third kappa shape index (κ3) is 4.85. The highest BCUT2D eigenvalue weighted by Gasteiger charge is 2.37. The molecule has 10 heteroatoms. The molecule has 6 nitrogen and oxygen atoms in total. The van der Waals surface area contributed by atoms with Crippen LogP contribution in [0.4, 0.5) is 15.9 Å². The molecule has 1 saturated carbocycles. The highest BCUT2D eigenvalue weighted by atomic mass is 79.9. The first kappa shape index (κ1) is 24.3. The van der Waals surface area contributed by atoms with Crippen LogP contribution in [0, 0.1) is 23.6 Å². The highest BCUT2D eigenvalue weighted by molar-refractivity contribution is 9.10. The van der Waals surface area contributed by atoms with Gasteiger partial charge in [0.1, 0.15) is 12.1 Å². The Morgan fingerprint density at radius 3 is 2.67 bits per heavy atom. The van der Waals surface area contributed by atoms with E-state index < -0.39 is 5.82 Å². The summed E-state index contributed by atoms with van der Waals surface area (Å²) < 4.78 is 26.8. The molecule has 0 amide bonds. The molecule has 33 heavy (non-hydrogen) atoms. The Labute approximate surface area is 211 Å². The zero-order valence-corrected chi connectivity index (χ0v) is 21.1. The molecular formula is C23H24BrCl2FN4O2. The van der Waals surface area contributed by atoms with Crippen molar-refractivity contribution in [2.75, 3.05) is 32.1 Å². The van der Waals surface area contributed by atoms with Crippen molar-refractivity contribution in [2.45, 2.75) is 12.8 Å². The third-order valence-electron chi connectivity index (χ3n) is 6.44. The Bertz CT molecular complexity index is 1160. The van der Waals surface area contributed by atoms with E-state index in [1.54, 1.807) is 19.2 Å². The van der Waals surface area contributed by atoms with Crippen LogP contribution in [-0.4, -0.2) is 36.8 Å². The van der Waals surface area contributed by atoms with Crippen molar-refractivity contribution in [2.24, 2.45) is 17.8 Å². The molecule has 1 aliphatic carbocycles. The molecule has 5 rings (SSSR count). The predicted molar refractivity (Wildman–Crippen MR) is 134 cm³/mol. The van der Waals surface area contributed by atoms with E-state index in [9.17, 15) is 4.39 Å². The summed E-state index contributed by atoms with van der Waals surface area (Å²) in [5.41, 5.74) is 0.896. The summed E-state index contributed by atoms with van der Waals surface area (Å²) in [5, 5.41) is 7.19. The molecule has 0 spiro atoms. The maximum Gasteiger partial charge on any atom is 0.166 e. The lowest BCUT2D eigenvalue weighted by Gasteiger charge is -2.17. The zero-order chi connectivity index (χ0) is 22.2. The Hall–Kier alpha value is -1.87. The quantitative estimate of drug-likeness (QED) is 0.363. The van der Waals surface area contributed by atoms with Crippen molar-refractivity contribution in [1.82, 2.24) is 15.3 Å². The first-order valence-electron chi connectivity index (χ1n) is 10.6. The molecule has 0 radical (unpaired) electrons. The summed E-state index contributed by atoms with van der Waals surface area (Å²) in [6.45, 7) is 2.91. The predicted octanol–water partition coefficient (Wildman–Crippen LogP) is 5.98. The van der Waals surface area contributed by atoms with Crippen LogP contribution in [-0.2, 0) is 0 Å². The van der Waals surface area contributed by atoms with Gasteiger partial charge in [-0.05, 0) is 77.8 Å². The summed E-state index contributed by atoms with van der Waals surface area (Å²) >= 11 is 9.25. The molecule has 3 aromatic rings. The summed E-state index contributed by atoms with van der Waals surface area (Å²) in [5.74, 6) is 3.24. The van der Waals surface area contributed by atoms with Crippen LogP contribution in [0.25, 0.3) is 10.9 Å². The second kappa shape index (κ2) is 10.2. The molecule has 2 N–H and O–H groups in total. The fourth-order valence-corrected chi connectivity index (χ4v) is 5.29. The lowest BCUT2D eigenvalue weighted by Crippen LogP contribution is -2.15. The number of methoxy groups -OCH3 is 1. The van der Waals surface area contributed by atoms with Crippen LogP contribution in [0.15, 0.2) is 35.1 Å². The highest BCUT2D eigenvalue weighted by Crippen LogP contribution is 2.40. The average molecular weight is 558 g/mol. The minimum Gasteiger partial charge on any atom is -0.493 e. The lowest BCUT2D eigenvalue weighted by atomic mass is 10.0. The lowest BCUT2D eigenvalue weighted by molar-refractivity contribution is 0.234. The summed E-state index contributed by atoms with van der Waals surface area (Å²) in [7, 11) is 1.60. The SMILES string of the molecule is COc1cc2c(Nc3ccc(Br)c(Cl)c3F)ncnc2cc1OC[C@@H]1C[C@H]2CNC[C@H]2C1.Cl. The van der Waals surface area contributed by atoms with Crippen molar-refractivity contribution in [1.29, 1.82) is 0 Å². The number of anilines is 2. The number of fused-ring (bicyclic) bond motifs is 2. The zero-order valence-electron chi connectivity index (χ0n) is 17.9. The van der Waals surface area contributed by atoms with Gasteiger partial charge in [-0.15, -0.1) is 12.4 Å². The van der Waals surface area contributed by atoms with Crippen molar-refractivity contribution in [3.05, 3.63) is 45.9 Å². The second-order valence-corrected chi connectivity index (χ2v) is 9.65. The molecule has 1 aliphatic heterocycles. The number of hydrogen-bond donors (Lipinski definition) is 2. The summed E-state index contributed by atoms with van der Waals surface area (Å²) in [6.07, 6.45) is 3.83. The van der Waals surface area contributed by atoms with E-state index in [4.69, 9.17) is 21.1 Å². The van der Waals surface area contributed by atoms with Crippen molar-refractivity contribution in [3.8, 4) is 11.5 Å². The fourth-order valence-electron chi connectivity index (χ4n) is 4.82. The van der Waals surface area contributed by atoms with Gasteiger partial charge in [0.05, 0.1) is 29.9 Å². The molecule has 176 valence electrons. The van der Waals surface area contributed by atoms with Gasteiger partial charge in [-0.25, -0.2) is 14.4 Å². The smallest absolute Gasteiger partial charge is 0.166 e. The third-order valence-corrected chi connectivity index (χ3v) is 7.69. The minimum atomic E-state index is -0.559. The van der Waals surface area contributed by atoms with Gasteiger partial charge in [0.25, 0.3) is 0 Å². The number of aromatic nitrogens is 2. The molecular weight excluding hydrogens is 534 g/mol. The molecule has 2 fully saturated rings. The molecule has 2 aliphatic rings. The monoisotopic (exact) mass is 556 g/mol. The van der Waals surface area contributed by atoms with Crippen LogP contribution in [0.3, 0.4) is 0 Å². The van der Waals surface area contributed by atoms with Gasteiger partial charge in [-0.2, -0.15) is 0 Å². The number of ether oxygens (including phenoxy) is 2. The molecule has 3 atom stereocenters. The topological polar surface area (TPSA) is 68.3 Å². The number of halogens is 4. The Balaban J connectivity index is 0.00000259. The van der Waals surface area contributed by atoms with Gasteiger partial charge < -0.3 is 20.1 Å². The van der Waals surface area contributed by atoms with Gasteiger partial charge in [-0.3, -0.25) is 0 Å². The van der Waals surface area contributed by atoms with Crippen LogP contribution >= 0.6 is 39.9 Å². The van der Waals surface area contributed by atoms with Crippen LogP contribution in [0.2, 0.25) is 5.02 Å². The Morgan fingerprint density at radius 2 is 1.94 bits per heavy atom. The average Bonchev–Trinajstić information content (AvgIpc) is 3.39. The molecule has 0 bridgehead atoms. The fraction of sp³-hybridized carbons (Fsp3) is 0.391. The van der Waals surface area contributed by atoms with Crippen LogP contribution in [0.5, 0.6) is 11.5 Å². The molecule has 2 aromatic carbocycles. The van der Waals surface area contributed by atoms with E-state index in [0.29, 0.717) is 45.2 Å². The van der Waals surface area contributed by atoms with E-state index in [1.165, 1.54) is 19.2 Å². The standard InChI is InChI=1S/C23H23BrClFN4O2.ClH/c1-31-19-6-15-18(7-20(19)32-10-12-4-13-8-27-9-14(13)5-12)28-11-29-23(15)30-17-3-2-16(24)21(25)22(17)26;/h2-3,6-7,11-14,27H,4-5,8-10H2,1H3,(H,28,29,30);1H/t12-,13+,14-;. The molecule has 1 saturated heterocycles. The summed E-state index contributed by atoms with van der Waals surface area (Å²) in [4.78, 5) is 8.67. The normalized spacial score (nSPS) is 21.5. The van der Waals surface area contributed by atoms with Gasteiger partial charge in [-0.1, -0.05) is 11.6 Å². The maximum atomic E-state index is 14.6. The first-order chi connectivity index (χ1) is 15.5. The van der Waals surface area contributed by atoms with E-state index >= 15 is 0 Å². The van der Waals surface area contributed by atoms with Gasteiger partial charge in [0.15, 0.2) is 17.3 Å². The molecule has 0 unspecified atom stereocenters. The van der Waals surface area contributed by atoms with Crippen molar-refractivity contribution in [3.63, 3.8) is 0 Å². The van der Waals surface area contributed by atoms with Gasteiger partial charge >= 0.3 is 0 Å². The van der Waals surface area contributed by atoms with Crippen LogP contribution in [0.1, 0.15) is 12.8 Å². The second-order valence-electron chi connectivity index (χ2n) is 8.42. The molecule has 2 heterocycles. The number of nitrogens with one attached hydrogen (secondary N) is 2. The Kier molecular flexibility index (Phi) is 7.48. The van der Waals surface area contributed by atoms with E-state index in [0.717, 1.165) is 24.9 Å². The van der Waals surface area contributed by atoms with E-state index in [-0.39, 0.29) is 23.1 Å². The number of rotatable bonds is 6. The molecule has 1 aromatic heterocycles. The van der Waals surface area contributed by atoms with Crippen molar-refractivity contribution >= 4 is 62.3 Å².